The monoisotopic (exact) mass is 388 g/mol. The Hall–Kier alpha value is -2.67. The van der Waals surface area contributed by atoms with Gasteiger partial charge in [-0.2, -0.15) is 18.4 Å². The molecule has 2 aromatic carbocycles. The number of hydrazone groups is 1. The van der Waals surface area contributed by atoms with Crippen LogP contribution in [0.25, 0.3) is 0 Å². The smallest absolute Gasteiger partial charge is 0.276 e. The first-order valence-corrected chi connectivity index (χ1v) is 10.4. The van der Waals surface area contributed by atoms with Gasteiger partial charge in [0, 0.05) is 0 Å². The summed E-state index contributed by atoms with van der Waals surface area (Å²) in [4.78, 5) is 14.5. The Morgan fingerprint density at radius 3 is 2.48 bits per heavy atom. The minimum absolute atomic E-state index is 0.0745. The van der Waals surface area contributed by atoms with E-state index in [1.54, 1.807) is 42.5 Å². The van der Waals surface area contributed by atoms with Gasteiger partial charge in [0.25, 0.3) is 10.0 Å². The van der Waals surface area contributed by atoms with Crippen LogP contribution in [0, 0.1) is 0 Å². The second kappa shape index (κ2) is 10.5. The quantitative estimate of drug-likeness (QED) is 0.275. The Labute approximate surface area is 160 Å². The Kier molecular flexibility index (Phi) is 8.00. The second-order valence-electron chi connectivity index (χ2n) is 5.94. The molecule has 0 aliphatic rings. The van der Waals surface area contributed by atoms with E-state index >= 15 is 0 Å². The third-order valence-electron chi connectivity index (χ3n) is 3.82. The van der Waals surface area contributed by atoms with E-state index in [1.165, 1.54) is 12.1 Å². The molecule has 27 heavy (non-hydrogen) atoms. The number of ether oxygens (including phenoxy) is 1. The number of nitrogens with one attached hydrogen (secondary N) is 1. The topological polar surface area (TPSA) is 84.8 Å². The maximum Gasteiger partial charge on any atom is 0.276 e. The summed E-state index contributed by atoms with van der Waals surface area (Å²) in [5.74, 6) is 0.0336. The lowest BCUT2D eigenvalue weighted by Crippen LogP contribution is -2.19. The summed E-state index contributed by atoms with van der Waals surface area (Å²) in [6.45, 7) is 2.67. The molecule has 6 nitrogen and oxygen atoms in total. The molecule has 144 valence electrons. The second-order valence-corrected chi connectivity index (χ2v) is 7.60. The number of carbonyl (C=O) groups is 1. The largest absolute Gasteiger partial charge is 0.493 e. The van der Waals surface area contributed by atoms with E-state index in [0.29, 0.717) is 17.9 Å². The van der Waals surface area contributed by atoms with Crippen LogP contribution in [0.3, 0.4) is 0 Å². The van der Waals surface area contributed by atoms with Crippen LogP contribution < -0.4 is 9.57 Å². The van der Waals surface area contributed by atoms with Gasteiger partial charge in [-0.05, 0) is 30.7 Å². The van der Waals surface area contributed by atoms with E-state index in [1.807, 2.05) is 4.83 Å². The molecule has 7 heteroatoms. The molecule has 0 bridgehead atoms. The third kappa shape index (κ3) is 6.53. The fourth-order valence-electron chi connectivity index (χ4n) is 2.38. The zero-order valence-electron chi connectivity index (χ0n) is 15.3. The molecule has 0 saturated heterocycles. The average molecular weight is 388 g/mol. The number of para-hydroxylation sites is 1. The molecular weight excluding hydrogens is 364 g/mol. The number of carbonyl (C=O) groups excluding carboxylic acids is 1. The van der Waals surface area contributed by atoms with Crippen molar-refractivity contribution < 1.29 is 17.9 Å². The number of unbranched alkanes of at least 4 members (excludes halogenated alkanes) is 3. The molecule has 0 saturated carbocycles. The summed E-state index contributed by atoms with van der Waals surface area (Å²) in [5.41, 5.74) is 0.343. The number of sulfonamides is 1. The maximum atomic E-state index is 12.4. The van der Waals surface area contributed by atoms with Crippen LogP contribution in [0.4, 0.5) is 0 Å². The number of nitrogens with zero attached hydrogens (tertiary/aromatic N) is 1. The van der Waals surface area contributed by atoms with Crippen molar-refractivity contribution in [3.05, 3.63) is 60.2 Å². The Morgan fingerprint density at radius 1 is 1.04 bits per heavy atom. The molecule has 0 radical (unpaired) electrons. The SMILES string of the molecule is CCCCCCOc1ccccc1C(=O)/C=N/NS(=O)(=O)c1ccccc1. The van der Waals surface area contributed by atoms with Gasteiger partial charge in [-0.3, -0.25) is 4.79 Å². The minimum Gasteiger partial charge on any atom is -0.493 e. The molecule has 0 aliphatic carbocycles. The maximum absolute atomic E-state index is 12.4. The van der Waals surface area contributed by atoms with Crippen LogP contribution in [0.5, 0.6) is 5.75 Å². The molecule has 2 aromatic rings. The number of hydrogen-bond acceptors (Lipinski definition) is 5. The molecule has 0 unspecified atom stereocenters. The van der Waals surface area contributed by atoms with Gasteiger partial charge in [0.2, 0.25) is 5.78 Å². The minimum atomic E-state index is -3.80. The van der Waals surface area contributed by atoms with Gasteiger partial charge in [-0.1, -0.05) is 56.5 Å². The van der Waals surface area contributed by atoms with Gasteiger partial charge in [0.15, 0.2) is 0 Å². The zero-order valence-corrected chi connectivity index (χ0v) is 16.1. The fourth-order valence-corrected chi connectivity index (χ4v) is 3.20. The van der Waals surface area contributed by atoms with E-state index in [9.17, 15) is 13.2 Å². The van der Waals surface area contributed by atoms with Gasteiger partial charge in [0.05, 0.1) is 23.3 Å². The summed E-state index contributed by atoms with van der Waals surface area (Å²) in [6.07, 6.45) is 5.24. The van der Waals surface area contributed by atoms with E-state index in [2.05, 4.69) is 12.0 Å². The molecule has 0 amide bonds. The van der Waals surface area contributed by atoms with Gasteiger partial charge < -0.3 is 4.74 Å². The fraction of sp³-hybridized carbons (Fsp3) is 0.300. The van der Waals surface area contributed by atoms with E-state index < -0.39 is 15.8 Å². The Bertz CT molecular complexity index is 865. The van der Waals surface area contributed by atoms with Crippen molar-refractivity contribution >= 4 is 22.0 Å². The van der Waals surface area contributed by atoms with Crippen molar-refractivity contribution in [3.63, 3.8) is 0 Å². The Morgan fingerprint density at radius 2 is 1.74 bits per heavy atom. The number of rotatable bonds is 11. The summed E-state index contributed by atoms with van der Waals surface area (Å²) < 4.78 is 29.9. The molecule has 0 aliphatic heterocycles. The molecule has 2 rings (SSSR count). The first-order chi connectivity index (χ1) is 13.0. The van der Waals surface area contributed by atoms with Crippen LogP contribution in [-0.2, 0) is 10.0 Å². The molecule has 0 heterocycles. The number of ketones is 1. The average Bonchev–Trinajstić information content (AvgIpc) is 2.68. The van der Waals surface area contributed by atoms with E-state index in [0.717, 1.165) is 31.9 Å². The molecule has 0 aromatic heterocycles. The predicted molar refractivity (Wildman–Crippen MR) is 106 cm³/mol. The lowest BCUT2D eigenvalue weighted by Gasteiger charge is -2.09. The first-order valence-electron chi connectivity index (χ1n) is 8.90. The van der Waals surface area contributed by atoms with Crippen LogP contribution in [0.15, 0.2) is 64.6 Å². The highest BCUT2D eigenvalue weighted by molar-refractivity contribution is 7.89. The van der Waals surface area contributed by atoms with Crippen LogP contribution >= 0.6 is 0 Å². The van der Waals surface area contributed by atoms with Crippen LogP contribution in [0.1, 0.15) is 43.0 Å². The van der Waals surface area contributed by atoms with Gasteiger partial charge in [0.1, 0.15) is 5.75 Å². The van der Waals surface area contributed by atoms with Gasteiger partial charge in [-0.15, -0.1) is 0 Å². The standard InChI is InChI=1S/C20H24N2O4S/c1-2-3-4-10-15-26-20-14-9-8-13-18(20)19(23)16-21-22-27(24,25)17-11-6-5-7-12-17/h5-9,11-14,16,22H,2-4,10,15H2,1H3/b21-16+. The highest BCUT2D eigenvalue weighted by Crippen LogP contribution is 2.18. The van der Waals surface area contributed by atoms with Crippen molar-refractivity contribution in [2.45, 2.75) is 37.5 Å². The lowest BCUT2D eigenvalue weighted by atomic mass is 10.1. The summed E-state index contributed by atoms with van der Waals surface area (Å²) >= 11 is 0. The van der Waals surface area contributed by atoms with Gasteiger partial charge >= 0.3 is 0 Å². The molecule has 0 fully saturated rings. The van der Waals surface area contributed by atoms with Crippen molar-refractivity contribution in [1.82, 2.24) is 4.83 Å². The normalized spacial score (nSPS) is 11.4. The van der Waals surface area contributed by atoms with Crippen molar-refractivity contribution in [2.24, 2.45) is 5.10 Å². The summed E-state index contributed by atoms with van der Waals surface area (Å²) in [7, 11) is -3.80. The number of benzene rings is 2. The lowest BCUT2D eigenvalue weighted by molar-refractivity contribution is 0.106. The van der Waals surface area contributed by atoms with Crippen LogP contribution in [-0.4, -0.2) is 27.0 Å². The molecule has 0 atom stereocenters. The highest BCUT2D eigenvalue weighted by Gasteiger charge is 2.13. The molecule has 0 spiro atoms. The third-order valence-corrected chi connectivity index (χ3v) is 5.05. The van der Waals surface area contributed by atoms with Crippen LogP contribution in [0.2, 0.25) is 0 Å². The molecule has 1 N–H and O–H groups in total. The van der Waals surface area contributed by atoms with Crippen molar-refractivity contribution in [1.29, 1.82) is 0 Å². The first kappa shape index (κ1) is 20.6. The predicted octanol–water partition coefficient (Wildman–Crippen LogP) is 3.79. The number of hydrogen-bond donors (Lipinski definition) is 1. The zero-order chi connectivity index (χ0) is 19.5. The molecular formula is C20H24N2O4S. The highest BCUT2D eigenvalue weighted by atomic mass is 32.2. The van der Waals surface area contributed by atoms with Gasteiger partial charge in [-0.25, -0.2) is 0 Å². The number of Topliss-reactive ketones (excluding diaryl/α,β-unsaturated/α-hetero) is 1. The summed E-state index contributed by atoms with van der Waals surface area (Å²) in [5, 5.41) is 3.59. The van der Waals surface area contributed by atoms with Crippen molar-refractivity contribution in [2.75, 3.05) is 6.61 Å². The van der Waals surface area contributed by atoms with E-state index in [-0.39, 0.29) is 4.90 Å². The summed E-state index contributed by atoms with van der Waals surface area (Å²) in [6, 6.07) is 14.7. The Balaban J connectivity index is 1.98. The van der Waals surface area contributed by atoms with E-state index in [4.69, 9.17) is 4.74 Å². The van der Waals surface area contributed by atoms with Crippen molar-refractivity contribution in [3.8, 4) is 5.75 Å².